The number of nitrogens with zero attached hydrogens (tertiary/aromatic N) is 2. The van der Waals surface area contributed by atoms with Crippen molar-refractivity contribution in [2.75, 3.05) is 0 Å². The van der Waals surface area contributed by atoms with Crippen molar-refractivity contribution in [2.45, 2.75) is 59.7 Å². The maximum Gasteiger partial charge on any atom is 0.128 e. The van der Waals surface area contributed by atoms with Gasteiger partial charge in [0.1, 0.15) is 17.0 Å². The quantitative estimate of drug-likeness (QED) is 0.118. The summed E-state index contributed by atoms with van der Waals surface area (Å²) in [5.74, 6) is -0.383. The van der Waals surface area contributed by atoms with Crippen LogP contribution in [-0.2, 0) is 26.5 Å². The first kappa shape index (κ1) is 38.7. The summed E-state index contributed by atoms with van der Waals surface area (Å²) in [4.78, 5) is 9.36. The molecule has 9 rings (SSSR count). The summed E-state index contributed by atoms with van der Waals surface area (Å²) < 4.78 is 34.3. The Labute approximate surface area is 349 Å². The van der Waals surface area contributed by atoms with Gasteiger partial charge in [0.15, 0.2) is 0 Å². The number of aromatic nitrogens is 2. The molecule has 5 aromatic carbocycles. The van der Waals surface area contributed by atoms with E-state index in [0.29, 0.717) is 11.5 Å². The number of rotatable bonds is 7. The third-order valence-corrected chi connectivity index (χ3v) is 12.3. The van der Waals surface area contributed by atoms with Crippen molar-refractivity contribution in [1.82, 2.24) is 9.97 Å². The van der Waals surface area contributed by atoms with Crippen molar-refractivity contribution in [3.8, 4) is 33.6 Å². The Kier molecular flexibility index (Phi) is 11.1. The second kappa shape index (κ2) is 16.3. The monoisotopic (exact) mass is 946 g/mol. The number of furan rings is 2. The van der Waals surface area contributed by atoms with Gasteiger partial charge in [0, 0.05) is 50.2 Å². The van der Waals surface area contributed by atoms with Crippen molar-refractivity contribution in [2.24, 2.45) is 5.92 Å². The van der Waals surface area contributed by atoms with E-state index in [1.54, 1.807) is 18.3 Å². The zero-order valence-electron chi connectivity index (χ0n) is 34.3. The van der Waals surface area contributed by atoms with Crippen LogP contribution in [0, 0.1) is 23.9 Å². The molecule has 0 atom stereocenters. The predicted octanol–water partition coefficient (Wildman–Crippen LogP) is 13.6. The molecule has 9 aromatic rings. The molecule has 0 amide bonds. The number of fused-ring (bicyclic) bond motifs is 6. The van der Waals surface area contributed by atoms with E-state index in [9.17, 15) is 4.39 Å². The molecule has 4 nitrogen and oxygen atoms in total. The van der Waals surface area contributed by atoms with Gasteiger partial charge in [-0.3, -0.25) is 0 Å². The van der Waals surface area contributed by atoms with E-state index in [1.165, 1.54) is 22.9 Å². The topological polar surface area (TPSA) is 52.1 Å². The van der Waals surface area contributed by atoms with Gasteiger partial charge in [-0.2, -0.15) is 0 Å². The summed E-state index contributed by atoms with van der Waals surface area (Å²) in [7, 11) is -1.44. The first-order valence-electron chi connectivity index (χ1n) is 19.7. The van der Waals surface area contributed by atoms with Crippen LogP contribution in [-0.4, -0.2) is 18.0 Å². The van der Waals surface area contributed by atoms with Gasteiger partial charge in [-0.15, -0.1) is 36.4 Å². The van der Waals surface area contributed by atoms with Crippen LogP contribution in [0.15, 0.2) is 130 Å². The average Bonchev–Trinajstić information content (AvgIpc) is 3.76. The smallest absolute Gasteiger partial charge is 0.128 e. The summed E-state index contributed by atoms with van der Waals surface area (Å²) in [6, 6.07) is 41.2. The van der Waals surface area contributed by atoms with Crippen LogP contribution < -0.4 is 5.19 Å². The predicted molar refractivity (Wildman–Crippen MR) is 233 cm³/mol. The van der Waals surface area contributed by atoms with Crippen LogP contribution in [0.25, 0.3) is 77.5 Å². The van der Waals surface area contributed by atoms with E-state index in [-0.39, 0.29) is 25.9 Å². The van der Waals surface area contributed by atoms with E-state index < -0.39 is 14.0 Å². The van der Waals surface area contributed by atoms with Crippen molar-refractivity contribution >= 4 is 57.1 Å². The Morgan fingerprint density at radius 3 is 2.02 bits per heavy atom. The van der Waals surface area contributed by atoms with Crippen LogP contribution in [0.2, 0.25) is 19.6 Å². The molecule has 0 spiro atoms. The van der Waals surface area contributed by atoms with Crippen LogP contribution in [0.3, 0.4) is 0 Å². The number of para-hydroxylation sites is 2. The van der Waals surface area contributed by atoms with Crippen molar-refractivity contribution in [3.05, 3.63) is 151 Å². The number of hydrogen-bond donors (Lipinski definition) is 0. The largest absolute Gasteiger partial charge is 0.501 e. The fourth-order valence-corrected chi connectivity index (χ4v) is 9.08. The normalized spacial score (nSPS) is 12.2. The minimum atomic E-state index is -1.44. The standard InChI is InChI=1S/C26H19FNO.C24H26NOSi.Ir/c1-16(2)18-13-14-28-24(15-18)23-8-4-7-22-21-6-3-5-20(25(21)29-26(22)23)17-9-11-19(27)12-10-17;1-16(2)13-17-14-21(25-15-23(17)27(3,4)5)20-11-8-10-19-18-9-6-7-12-22(18)26-24(19)20;/h3-7,9-16H,1-2H3;6-10,12,14-16H,13H2,1-5H3;/q2*-1;/i16D;;. The molecule has 0 fully saturated rings. The van der Waals surface area contributed by atoms with E-state index in [1.807, 2.05) is 74.5 Å². The summed E-state index contributed by atoms with van der Waals surface area (Å²) in [6.45, 7) is 15.4. The molecule has 57 heavy (non-hydrogen) atoms. The fourth-order valence-electron chi connectivity index (χ4n) is 7.49. The molecule has 0 N–H and O–H groups in total. The van der Waals surface area contributed by atoms with Gasteiger partial charge >= 0.3 is 0 Å². The average molecular weight is 946 g/mol. The summed E-state index contributed by atoms with van der Waals surface area (Å²) in [6.07, 6.45) is 4.90. The van der Waals surface area contributed by atoms with Crippen molar-refractivity contribution in [1.29, 1.82) is 0 Å². The Bertz CT molecular complexity index is 2900. The maximum absolute atomic E-state index is 13.4. The van der Waals surface area contributed by atoms with Gasteiger partial charge in [0.05, 0.1) is 19.2 Å². The fraction of sp³-hybridized carbons (Fsp3) is 0.200. The molecule has 0 saturated heterocycles. The Morgan fingerprint density at radius 2 is 1.33 bits per heavy atom. The van der Waals surface area contributed by atoms with Crippen molar-refractivity contribution in [3.63, 3.8) is 0 Å². The SMILES string of the molecule is CC(C)Cc1cc(-c2[c-]ccc3c2oc2ccccc23)ncc1[Si](C)(C)C.[2H]C(C)(C)c1ccnc(-c2[c-]ccc3c2oc2c(-c4ccc(F)cc4)cccc23)c1.[Ir]. The molecule has 1 radical (unpaired) electrons. The van der Waals surface area contributed by atoms with E-state index in [2.05, 4.69) is 81.1 Å². The molecule has 0 unspecified atom stereocenters. The van der Waals surface area contributed by atoms with E-state index in [0.717, 1.165) is 83.9 Å². The zero-order valence-corrected chi connectivity index (χ0v) is 36.6. The maximum atomic E-state index is 13.4. The molecule has 4 aromatic heterocycles. The number of pyridine rings is 2. The summed E-state index contributed by atoms with van der Waals surface area (Å²) in [5, 5.41) is 5.68. The van der Waals surface area contributed by atoms with Gasteiger partial charge in [-0.25, -0.2) is 4.39 Å². The van der Waals surface area contributed by atoms with E-state index in [4.69, 9.17) is 15.2 Å². The van der Waals surface area contributed by atoms with Crippen LogP contribution in [0.1, 0.15) is 46.1 Å². The minimum Gasteiger partial charge on any atom is -0.501 e. The molecule has 7 heteroatoms. The molecule has 0 saturated carbocycles. The first-order valence-corrected chi connectivity index (χ1v) is 22.7. The van der Waals surface area contributed by atoms with Crippen LogP contribution >= 0.6 is 0 Å². The third-order valence-electron chi connectivity index (χ3n) is 10.2. The second-order valence-electron chi connectivity index (χ2n) is 16.1. The molecule has 289 valence electrons. The third kappa shape index (κ3) is 8.02. The Balaban J connectivity index is 0.000000175. The molecule has 0 aliphatic rings. The molecule has 0 aliphatic heterocycles. The van der Waals surface area contributed by atoms with Crippen molar-refractivity contribution < 1.29 is 34.7 Å². The summed E-state index contributed by atoms with van der Waals surface area (Å²) in [5.41, 5.74) is 10.7. The Hall–Kier alpha value is -5.20. The van der Waals surface area contributed by atoms with Gasteiger partial charge in [-0.1, -0.05) is 141 Å². The Morgan fingerprint density at radius 1 is 0.702 bits per heavy atom. The van der Waals surface area contributed by atoms with Gasteiger partial charge in [0.2, 0.25) is 0 Å². The molecular weight excluding hydrogens is 900 g/mol. The van der Waals surface area contributed by atoms with Gasteiger partial charge < -0.3 is 18.8 Å². The zero-order chi connectivity index (χ0) is 40.1. The molecular formula is C50H45FIrN2O2Si-2. The molecule has 4 heterocycles. The first-order chi connectivity index (χ1) is 27.3. The number of halogens is 1. The minimum absolute atomic E-state index is 0. The number of benzene rings is 5. The van der Waals surface area contributed by atoms with Crippen LogP contribution in [0.4, 0.5) is 4.39 Å². The summed E-state index contributed by atoms with van der Waals surface area (Å²) >= 11 is 0. The van der Waals surface area contributed by atoms with E-state index >= 15 is 0 Å². The molecule has 0 bridgehead atoms. The van der Waals surface area contributed by atoms with Crippen LogP contribution in [0.5, 0.6) is 0 Å². The van der Waals surface area contributed by atoms with Gasteiger partial charge in [0.25, 0.3) is 0 Å². The number of hydrogen-bond acceptors (Lipinski definition) is 4. The van der Waals surface area contributed by atoms with Gasteiger partial charge in [-0.05, 0) is 64.6 Å². The molecule has 0 aliphatic carbocycles. The second-order valence-corrected chi connectivity index (χ2v) is 21.1.